The van der Waals surface area contributed by atoms with Crippen LogP contribution in [0.1, 0.15) is 27.7 Å². The Morgan fingerprint density at radius 2 is 1.33 bits per heavy atom. The molecule has 1 heterocycles. The predicted molar refractivity (Wildman–Crippen MR) is 73.7 cm³/mol. The zero-order valence-electron chi connectivity index (χ0n) is 11.4. The van der Waals surface area contributed by atoms with Gasteiger partial charge in [0.15, 0.2) is 0 Å². The van der Waals surface area contributed by atoms with Crippen LogP contribution in [0, 0.1) is 0 Å². The molecule has 1 saturated heterocycles. The van der Waals surface area contributed by atoms with Crippen LogP contribution in [-0.4, -0.2) is 36.1 Å². The van der Waals surface area contributed by atoms with Crippen LogP contribution in [0.3, 0.4) is 0 Å². The molecule has 6 heteroatoms. The molecule has 0 saturated carbocycles. The van der Waals surface area contributed by atoms with Crippen molar-refractivity contribution in [3.8, 4) is 0 Å². The van der Waals surface area contributed by atoms with Gasteiger partial charge in [0, 0.05) is 0 Å². The van der Waals surface area contributed by atoms with Crippen molar-refractivity contribution in [1.29, 1.82) is 0 Å². The molecule has 0 aliphatic carbocycles. The molecule has 1 aromatic carbocycles. The summed E-state index contributed by atoms with van der Waals surface area (Å²) in [5, 5.41) is 14.2. The lowest BCUT2D eigenvalue weighted by atomic mass is 9.79. The third-order valence-electron chi connectivity index (χ3n) is 3.32. The molecule has 1 fully saturated rings. The van der Waals surface area contributed by atoms with Crippen molar-refractivity contribution in [2.45, 2.75) is 38.9 Å². The molecule has 2 N–H and O–H groups in total. The van der Waals surface area contributed by atoms with E-state index < -0.39 is 7.69 Å². The zero-order valence-corrected chi connectivity index (χ0v) is 11.4. The Morgan fingerprint density at radius 1 is 0.944 bits per heavy atom. The summed E-state index contributed by atoms with van der Waals surface area (Å²) in [4.78, 5) is 0. The highest BCUT2D eigenvalue weighted by Gasteiger charge is 2.51. The van der Waals surface area contributed by atoms with Crippen molar-refractivity contribution < 1.29 is 19.4 Å². The first kappa shape index (κ1) is 15.2. The van der Waals surface area contributed by atoms with E-state index in [9.17, 15) is 0 Å². The van der Waals surface area contributed by atoms with Crippen molar-refractivity contribution in [3.63, 3.8) is 0 Å². The number of rotatable bonds is 1. The van der Waals surface area contributed by atoms with E-state index >= 15 is 0 Å². The summed E-state index contributed by atoms with van der Waals surface area (Å²) >= 11 is 0. The minimum atomic E-state index is -0.750. The molecular weight excluding hydrogens is 230 g/mol. The van der Waals surface area contributed by atoms with Crippen molar-refractivity contribution in [3.05, 3.63) is 30.3 Å². The van der Waals surface area contributed by atoms with Crippen LogP contribution in [0.25, 0.3) is 0 Å². The summed E-state index contributed by atoms with van der Waals surface area (Å²) in [6.45, 7) is 8.26. The van der Waals surface area contributed by atoms with E-state index in [-0.39, 0.29) is 18.3 Å². The summed E-state index contributed by atoms with van der Waals surface area (Å²) in [6, 6.07) is 10.1. The van der Waals surface area contributed by atoms with Gasteiger partial charge in [0.1, 0.15) is 0 Å². The molecule has 0 bridgehead atoms. The second-order valence-electron chi connectivity index (χ2n) is 5.14. The van der Waals surface area contributed by atoms with E-state index in [0.717, 1.165) is 5.46 Å². The Hall–Kier alpha value is -0.810. The lowest BCUT2D eigenvalue weighted by Gasteiger charge is -2.32. The fourth-order valence-corrected chi connectivity index (χ4v) is 1.59. The van der Waals surface area contributed by atoms with Gasteiger partial charge in [-0.3, -0.25) is 0 Å². The van der Waals surface area contributed by atoms with Gasteiger partial charge in [-0.1, -0.05) is 30.3 Å². The molecule has 0 atom stereocenters. The van der Waals surface area contributed by atoms with E-state index in [1.165, 1.54) is 0 Å². The van der Waals surface area contributed by atoms with Crippen LogP contribution in [0.15, 0.2) is 30.3 Å². The quantitative estimate of drug-likeness (QED) is 0.700. The van der Waals surface area contributed by atoms with Crippen molar-refractivity contribution >= 4 is 20.3 Å². The highest BCUT2D eigenvalue weighted by Crippen LogP contribution is 2.36. The second-order valence-corrected chi connectivity index (χ2v) is 5.14. The van der Waals surface area contributed by atoms with E-state index in [4.69, 9.17) is 19.4 Å². The number of benzene rings is 1. The first-order valence-corrected chi connectivity index (χ1v) is 5.96. The van der Waals surface area contributed by atoms with Gasteiger partial charge in [0.25, 0.3) is 0 Å². The van der Waals surface area contributed by atoms with E-state index in [1.807, 2.05) is 30.3 Å². The zero-order chi connectivity index (χ0) is 13.8. The van der Waals surface area contributed by atoms with Gasteiger partial charge in [-0.05, 0) is 33.2 Å². The van der Waals surface area contributed by atoms with Gasteiger partial charge >= 0.3 is 14.8 Å². The third-order valence-corrected chi connectivity index (χ3v) is 3.32. The molecule has 0 radical (unpaired) electrons. The Balaban J connectivity index is 0.000000492. The predicted octanol–water partition coefficient (Wildman–Crippen LogP) is 0.223. The van der Waals surface area contributed by atoms with Crippen molar-refractivity contribution in [2.75, 3.05) is 0 Å². The van der Waals surface area contributed by atoms with Gasteiger partial charge in [-0.2, -0.15) is 0 Å². The number of hydrogen-bond donors (Lipinski definition) is 2. The van der Waals surface area contributed by atoms with E-state index in [2.05, 4.69) is 27.7 Å². The first-order chi connectivity index (χ1) is 8.34. The fourth-order valence-electron chi connectivity index (χ4n) is 1.59. The van der Waals surface area contributed by atoms with Crippen molar-refractivity contribution in [2.24, 2.45) is 0 Å². The molecular formula is C12H20B2O4. The maximum absolute atomic E-state index is 7.12. The molecule has 2 rings (SSSR count). The third kappa shape index (κ3) is 3.36. The van der Waals surface area contributed by atoms with Crippen LogP contribution >= 0.6 is 0 Å². The minimum absolute atomic E-state index is 0.240. The van der Waals surface area contributed by atoms with Gasteiger partial charge in [0.05, 0.1) is 11.2 Å². The molecule has 98 valence electrons. The average Bonchev–Trinajstić information content (AvgIpc) is 2.51. The summed E-state index contributed by atoms with van der Waals surface area (Å²) in [5.41, 5.74) is 0.567. The van der Waals surface area contributed by atoms with E-state index in [0.29, 0.717) is 0 Å². The van der Waals surface area contributed by atoms with Crippen LogP contribution in [0.5, 0.6) is 0 Å². The highest BCUT2D eigenvalue weighted by molar-refractivity contribution is 6.62. The molecule has 0 spiro atoms. The molecule has 1 aliphatic rings. The lowest BCUT2D eigenvalue weighted by Crippen LogP contribution is -2.41. The summed E-state index contributed by atoms with van der Waals surface area (Å²) in [6.07, 6.45) is 0. The smallest absolute Gasteiger partial charge is 0.430 e. The minimum Gasteiger partial charge on any atom is -0.430 e. The summed E-state index contributed by atoms with van der Waals surface area (Å²) in [7, 11) is -0.990. The summed E-state index contributed by atoms with van der Waals surface area (Å²) < 4.78 is 11.9. The first-order valence-electron chi connectivity index (χ1n) is 5.96. The normalized spacial score (nSPS) is 20.0. The Morgan fingerprint density at radius 3 is 1.72 bits per heavy atom. The molecule has 18 heavy (non-hydrogen) atoms. The Bertz CT molecular complexity index is 352. The Labute approximate surface area is 109 Å². The fraction of sp³-hybridized carbons (Fsp3) is 0.500. The number of hydrogen-bond acceptors (Lipinski definition) is 4. The van der Waals surface area contributed by atoms with Gasteiger partial charge in [-0.15, -0.1) is 0 Å². The van der Waals surface area contributed by atoms with Crippen LogP contribution < -0.4 is 5.46 Å². The van der Waals surface area contributed by atoms with Gasteiger partial charge < -0.3 is 19.4 Å². The highest BCUT2D eigenvalue weighted by atomic mass is 16.7. The summed E-state index contributed by atoms with van der Waals surface area (Å²) in [5.74, 6) is 0. The molecule has 4 nitrogen and oxygen atoms in total. The Kier molecular flexibility index (Phi) is 4.99. The SMILES string of the molecule is CC1(C)OB(c2ccccc2)OC1(C)C.OBO. The second kappa shape index (κ2) is 5.89. The van der Waals surface area contributed by atoms with Crippen LogP contribution in [0.2, 0.25) is 0 Å². The molecule has 1 aromatic rings. The molecule has 1 aliphatic heterocycles. The maximum Gasteiger partial charge on any atom is 0.494 e. The van der Waals surface area contributed by atoms with Gasteiger partial charge in [-0.25, -0.2) is 0 Å². The largest absolute Gasteiger partial charge is 0.494 e. The van der Waals surface area contributed by atoms with Crippen molar-refractivity contribution in [1.82, 2.24) is 0 Å². The van der Waals surface area contributed by atoms with E-state index in [1.54, 1.807) is 0 Å². The topological polar surface area (TPSA) is 58.9 Å². The molecule has 0 unspecified atom stereocenters. The standard InChI is InChI=1S/C12H17BO2.BH3O2/c1-11(2)12(3,4)15-13(14-11)10-8-6-5-7-9-10;2-1-3/h5-9H,1-4H3;1-3H. The lowest BCUT2D eigenvalue weighted by molar-refractivity contribution is 0.00578. The maximum atomic E-state index is 7.12. The molecule has 0 aromatic heterocycles. The monoisotopic (exact) mass is 250 g/mol. The molecule has 0 amide bonds. The van der Waals surface area contributed by atoms with Crippen LogP contribution in [0.4, 0.5) is 0 Å². The van der Waals surface area contributed by atoms with Gasteiger partial charge in [0.2, 0.25) is 0 Å². The van der Waals surface area contributed by atoms with Crippen LogP contribution in [-0.2, 0) is 9.31 Å². The average molecular weight is 250 g/mol.